The van der Waals surface area contributed by atoms with E-state index in [4.69, 9.17) is 0 Å². The molecule has 0 amide bonds. The van der Waals surface area contributed by atoms with Gasteiger partial charge in [0.2, 0.25) is 0 Å². The molecule has 2 rings (SSSR count). The number of aliphatic imine (C=N–C) groups is 1. The van der Waals surface area contributed by atoms with Crippen LogP contribution in [-0.2, 0) is 4.79 Å². The van der Waals surface area contributed by atoms with Gasteiger partial charge in [-0.05, 0) is 12.2 Å². The van der Waals surface area contributed by atoms with E-state index in [1.807, 2.05) is 0 Å². The van der Waals surface area contributed by atoms with Crippen LogP contribution in [0.2, 0.25) is 0 Å². The molecule has 1 aliphatic carbocycles. The summed E-state index contributed by atoms with van der Waals surface area (Å²) in [6.45, 7) is 0. The Labute approximate surface area is 68.8 Å². The van der Waals surface area contributed by atoms with Crippen molar-refractivity contribution in [3.8, 4) is 0 Å². The first kappa shape index (κ1) is 7.15. The molecule has 2 aliphatic rings. The average Bonchev–Trinajstić information content (AvgIpc) is 2.07. The van der Waals surface area contributed by atoms with Crippen molar-refractivity contribution in [3.63, 3.8) is 0 Å². The van der Waals surface area contributed by atoms with E-state index in [-0.39, 0.29) is 10.8 Å². The Balaban J connectivity index is 2.46. The Morgan fingerprint density at radius 3 is 3.08 bits per heavy atom. The molecular weight excluding hydrogens is 156 g/mol. The number of allylic oxidation sites excluding steroid dienone is 3. The molecule has 12 heavy (non-hydrogen) atoms. The lowest BCUT2D eigenvalue weighted by atomic mass is 10.1. The Bertz CT molecular complexity index is 350. The third-order valence-electron chi connectivity index (χ3n) is 1.70. The van der Waals surface area contributed by atoms with Crippen molar-refractivity contribution in [1.29, 1.82) is 0 Å². The second kappa shape index (κ2) is 2.51. The summed E-state index contributed by atoms with van der Waals surface area (Å²) in [6.07, 6.45) is 7.13. The standard InChI is InChI=1S/C8H6N2O2/c11-7-2-1-6-4-9-5-10(12)8(6)3-7/h1-5,10H. The van der Waals surface area contributed by atoms with Crippen molar-refractivity contribution in [2.24, 2.45) is 4.99 Å². The van der Waals surface area contributed by atoms with Crippen molar-refractivity contribution >= 4 is 12.1 Å². The van der Waals surface area contributed by atoms with E-state index in [9.17, 15) is 10.0 Å². The van der Waals surface area contributed by atoms with E-state index in [0.717, 1.165) is 0 Å². The van der Waals surface area contributed by atoms with Crippen molar-refractivity contribution in [1.82, 2.24) is 0 Å². The first-order valence-electron chi connectivity index (χ1n) is 3.49. The summed E-state index contributed by atoms with van der Waals surface area (Å²) in [5.41, 5.74) is 1.15. The maximum absolute atomic E-state index is 11.1. The molecule has 4 heteroatoms. The molecule has 0 aromatic carbocycles. The van der Waals surface area contributed by atoms with Crippen LogP contribution >= 0.6 is 0 Å². The lowest BCUT2D eigenvalue weighted by molar-refractivity contribution is -0.690. The van der Waals surface area contributed by atoms with Crippen LogP contribution in [0.15, 0.2) is 40.7 Å². The van der Waals surface area contributed by atoms with E-state index < -0.39 is 0 Å². The normalized spacial score (nSPS) is 26.4. The minimum Gasteiger partial charge on any atom is -0.623 e. The molecule has 0 saturated heterocycles. The summed E-state index contributed by atoms with van der Waals surface area (Å²) in [5.74, 6) is -0.147. The van der Waals surface area contributed by atoms with Gasteiger partial charge >= 0.3 is 0 Å². The highest BCUT2D eigenvalue weighted by Crippen LogP contribution is 2.12. The Kier molecular flexibility index (Phi) is 1.49. The third-order valence-corrected chi connectivity index (χ3v) is 1.70. The Hall–Kier alpha value is -1.52. The highest BCUT2D eigenvalue weighted by atomic mass is 16.5. The van der Waals surface area contributed by atoms with E-state index >= 15 is 0 Å². The van der Waals surface area contributed by atoms with Crippen LogP contribution in [-0.4, -0.2) is 12.1 Å². The fraction of sp³-hybridized carbons (Fsp3) is 0. The summed E-state index contributed by atoms with van der Waals surface area (Å²) in [7, 11) is 0. The number of quaternary nitrogens is 1. The molecule has 1 unspecified atom stereocenters. The van der Waals surface area contributed by atoms with Crippen LogP contribution in [0.1, 0.15) is 0 Å². The second-order valence-electron chi connectivity index (χ2n) is 2.52. The second-order valence-corrected chi connectivity index (χ2v) is 2.52. The highest BCUT2D eigenvalue weighted by Gasteiger charge is 2.17. The summed E-state index contributed by atoms with van der Waals surface area (Å²) >= 11 is 0. The third kappa shape index (κ3) is 1.03. The number of hydrogen-bond donors (Lipinski definition) is 1. The SMILES string of the molecule is O=C1C=CC2=CN=C[NH+]([O-])C2=C1. The Morgan fingerprint density at radius 2 is 2.25 bits per heavy atom. The lowest BCUT2D eigenvalue weighted by Gasteiger charge is -2.22. The number of rotatable bonds is 0. The minimum absolute atomic E-state index is 0.147. The summed E-state index contributed by atoms with van der Waals surface area (Å²) in [5, 5.41) is 10.9. The molecule has 0 spiro atoms. The fourth-order valence-electron chi connectivity index (χ4n) is 1.12. The number of fused-ring (bicyclic) bond motifs is 1. The topological polar surface area (TPSA) is 56.9 Å². The molecule has 4 nitrogen and oxygen atoms in total. The lowest BCUT2D eigenvalue weighted by Crippen LogP contribution is -3.04. The van der Waals surface area contributed by atoms with Gasteiger partial charge in [0, 0.05) is 12.3 Å². The monoisotopic (exact) mass is 162 g/mol. The molecule has 0 saturated carbocycles. The zero-order valence-electron chi connectivity index (χ0n) is 6.15. The van der Waals surface area contributed by atoms with Crippen molar-refractivity contribution < 1.29 is 9.86 Å². The number of ketones is 1. The van der Waals surface area contributed by atoms with Gasteiger partial charge in [-0.2, -0.15) is 0 Å². The predicted octanol–water partition coefficient (Wildman–Crippen LogP) is -0.682. The number of carbonyl (C=O) groups is 1. The van der Waals surface area contributed by atoms with Gasteiger partial charge in [-0.15, -0.1) is 0 Å². The van der Waals surface area contributed by atoms with Gasteiger partial charge in [-0.3, -0.25) is 9.86 Å². The number of hydrogen-bond acceptors (Lipinski definition) is 3. The summed E-state index contributed by atoms with van der Waals surface area (Å²) < 4.78 is 0. The van der Waals surface area contributed by atoms with Gasteiger partial charge in [-0.25, -0.2) is 4.99 Å². The molecule has 1 atom stereocenters. The molecule has 0 bridgehead atoms. The van der Waals surface area contributed by atoms with Crippen LogP contribution in [0.4, 0.5) is 0 Å². The van der Waals surface area contributed by atoms with Crippen LogP contribution in [0, 0.1) is 5.21 Å². The first-order valence-corrected chi connectivity index (χ1v) is 3.49. The predicted molar refractivity (Wildman–Crippen MR) is 43.1 cm³/mol. The minimum atomic E-state index is -0.204. The summed E-state index contributed by atoms with van der Waals surface area (Å²) in [4.78, 5) is 14.6. The molecule has 0 aromatic heterocycles. The average molecular weight is 162 g/mol. The molecular formula is C8H6N2O2. The highest BCUT2D eigenvalue weighted by molar-refractivity contribution is 6.02. The van der Waals surface area contributed by atoms with E-state index in [1.165, 1.54) is 18.5 Å². The van der Waals surface area contributed by atoms with E-state index in [1.54, 1.807) is 12.3 Å². The molecule has 1 aliphatic heterocycles. The van der Waals surface area contributed by atoms with Crippen LogP contribution < -0.4 is 5.06 Å². The smallest absolute Gasteiger partial charge is 0.193 e. The van der Waals surface area contributed by atoms with Gasteiger partial charge in [0.15, 0.2) is 12.1 Å². The van der Waals surface area contributed by atoms with E-state index in [0.29, 0.717) is 11.3 Å². The number of nitrogens with one attached hydrogen (secondary N) is 1. The van der Waals surface area contributed by atoms with Crippen LogP contribution in [0.5, 0.6) is 0 Å². The van der Waals surface area contributed by atoms with Crippen molar-refractivity contribution in [3.05, 3.63) is 40.9 Å². The molecule has 0 radical (unpaired) electrons. The zero-order valence-corrected chi connectivity index (χ0v) is 6.15. The van der Waals surface area contributed by atoms with Crippen LogP contribution in [0.25, 0.3) is 0 Å². The van der Waals surface area contributed by atoms with Gasteiger partial charge in [-0.1, -0.05) is 0 Å². The Morgan fingerprint density at radius 1 is 1.42 bits per heavy atom. The zero-order chi connectivity index (χ0) is 8.55. The van der Waals surface area contributed by atoms with Crippen LogP contribution in [0.3, 0.4) is 0 Å². The van der Waals surface area contributed by atoms with Gasteiger partial charge in [0.1, 0.15) is 5.70 Å². The molecule has 60 valence electrons. The maximum atomic E-state index is 11.1. The largest absolute Gasteiger partial charge is 0.623 e. The fourth-order valence-corrected chi connectivity index (χ4v) is 1.12. The number of carbonyl (C=O) groups excluding carboxylic acids is 1. The van der Waals surface area contributed by atoms with Crippen molar-refractivity contribution in [2.45, 2.75) is 0 Å². The molecule has 1 N–H and O–H groups in total. The van der Waals surface area contributed by atoms with Gasteiger partial charge < -0.3 is 5.21 Å². The summed E-state index contributed by atoms with van der Waals surface area (Å²) in [6, 6.07) is 0. The molecule has 0 aromatic rings. The van der Waals surface area contributed by atoms with E-state index in [2.05, 4.69) is 4.99 Å². The number of nitrogens with zero attached hydrogens (tertiary/aromatic N) is 1. The molecule has 0 fully saturated rings. The maximum Gasteiger partial charge on any atom is 0.193 e. The molecule has 1 heterocycles. The quantitative estimate of drug-likeness (QED) is 0.480. The van der Waals surface area contributed by atoms with Crippen molar-refractivity contribution in [2.75, 3.05) is 0 Å². The van der Waals surface area contributed by atoms with Gasteiger partial charge in [0.25, 0.3) is 0 Å². The number of hydroxylamine groups is 2. The first-order chi connectivity index (χ1) is 5.77. The van der Waals surface area contributed by atoms with Gasteiger partial charge in [0.05, 0.1) is 5.57 Å².